The molecular weight excluding hydrogens is 270 g/mol. The van der Waals surface area contributed by atoms with E-state index in [1.165, 1.54) is 15.6 Å². The van der Waals surface area contributed by atoms with Crippen LogP contribution in [0.25, 0.3) is 10.1 Å². The molecule has 1 aromatic carbocycles. The summed E-state index contributed by atoms with van der Waals surface area (Å²) in [5.41, 5.74) is 1.93. The lowest BCUT2D eigenvalue weighted by Crippen LogP contribution is -2.21. The molecule has 0 aliphatic carbocycles. The molecular formula is C16H21NO2S. The van der Waals surface area contributed by atoms with E-state index < -0.39 is 0 Å². The minimum Gasteiger partial charge on any atom is -0.462 e. The summed E-state index contributed by atoms with van der Waals surface area (Å²) in [5, 5.41) is 3.37. The van der Waals surface area contributed by atoms with Gasteiger partial charge in [0.25, 0.3) is 0 Å². The van der Waals surface area contributed by atoms with Crippen molar-refractivity contribution in [3.63, 3.8) is 0 Å². The van der Waals surface area contributed by atoms with E-state index in [1.807, 2.05) is 25.1 Å². The Hall–Kier alpha value is -1.39. The summed E-state index contributed by atoms with van der Waals surface area (Å²) >= 11 is 1.73. The van der Waals surface area contributed by atoms with Gasteiger partial charge in [-0.25, -0.2) is 4.79 Å². The van der Waals surface area contributed by atoms with Crippen molar-refractivity contribution >= 4 is 27.4 Å². The number of ether oxygens (including phenoxy) is 1. The van der Waals surface area contributed by atoms with E-state index in [9.17, 15) is 4.79 Å². The molecule has 0 unspecified atom stereocenters. The van der Waals surface area contributed by atoms with Gasteiger partial charge in [-0.1, -0.05) is 13.8 Å². The first-order valence-corrected chi connectivity index (χ1v) is 7.97. The van der Waals surface area contributed by atoms with E-state index in [2.05, 4.69) is 24.1 Å². The number of hydrogen-bond donors (Lipinski definition) is 0. The van der Waals surface area contributed by atoms with E-state index in [0.717, 1.165) is 19.6 Å². The summed E-state index contributed by atoms with van der Waals surface area (Å²) in [6.45, 7) is 9.57. The van der Waals surface area contributed by atoms with Crippen molar-refractivity contribution in [3.8, 4) is 0 Å². The molecule has 1 heterocycles. The van der Waals surface area contributed by atoms with Crippen molar-refractivity contribution in [1.82, 2.24) is 4.90 Å². The predicted octanol–water partition coefficient (Wildman–Crippen LogP) is 3.92. The van der Waals surface area contributed by atoms with Crippen molar-refractivity contribution in [3.05, 3.63) is 34.7 Å². The van der Waals surface area contributed by atoms with Crippen LogP contribution in [0.15, 0.2) is 23.6 Å². The molecule has 1 aromatic heterocycles. The second-order valence-corrected chi connectivity index (χ2v) is 5.56. The third kappa shape index (κ3) is 3.19. The molecule has 3 nitrogen and oxygen atoms in total. The van der Waals surface area contributed by atoms with Gasteiger partial charge in [0.2, 0.25) is 0 Å². The number of carbonyl (C=O) groups is 1. The maximum absolute atomic E-state index is 11.8. The predicted molar refractivity (Wildman–Crippen MR) is 84.4 cm³/mol. The van der Waals surface area contributed by atoms with Gasteiger partial charge >= 0.3 is 5.97 Å². The van der Waals surface area contributed by atoms with Crippen LogP contribution in [0.1, 0.15) is 36.7 Å². The molecule has 2 aromatic rings. The fourth-order valence-corrected chi connectivity index (χ4v) is 3.17. The molecule has 2 rings (SSSR count). The highest BCUT2D eigenvalue weighted by molar-refractivity contribution is 7.17. The first-order valence-electron chi connectivity index (χ1n) is 7.09. The highest BCUT2D eigenvalue weighted by Gasteiger charge is 2.12. The smallest absolute Gasteiger partial charge is 0.338 e. The van der Waals surface area contributed by atoms with Gasteiger partial charge in [0, 0.05) is 11.2 Å². The molecule has 0 N–H and O–H groups in total. The molecule has 0 radical (unpaired) electrons. The lowest BCUT2D eigenvalue weighted by Gasteiger charge is -2.17. The van der Waals surface area contributed by atoms with Gasteiger partial charge in [-0.15, -0.1) is 11.3 Å². The molecule has 20 heavy (non-hydrogen) atoms. The Labute approximate surface area is 124 Å². The summed E-state index contributed by atoms with van der Waals surface area (Å²) in [6, 6.07) is 5.82. The molecule has 0 bridgehead atoms. The largest absolute Gasteiger partial charge is 0.462 e. The summed E-state index contributed by atoms with van der Waals surface area (Å²) < 4.78 is 6.29. The zero-order valence-corrected chi connectivity index (χ0v) is 13.1. The van der Waals surface area contributed by atoms with Crippen LogP contribution in [0.4, 0.5) is 0 Å². The average molecular weight is 291 g/mol. The van der Waals surface area contributed by atoms with E-state index in [-0.39, 0.29) is 5.97 Å². The first kappa shape index (κ1) is 15.0. The van der Waals surface area contributed by atoms with Gasteiger partial charge in [-0.3, -0.25) is 4.90 Å². The molecule has 0 saturated heterocycles. The van der Waals surface area contributed by atoms with Crippen LogP contribution in [-0.2, 0) is 11.3 Å². The first-order chi connectivity index (χ1) is 9.69. The zero-order chi connectivity index (χ0) is 14.5. The Kier molecular flexibility index (Phi) is 5.15. The number of esters is 1. The second-order valence-electron chi connectivity index (χ2n) is 4.65. The monoisotopic (exact) mass is 291 g/mol. The highest BCUT2D eigenvalue weighted by atomic mass is 32.1. The van der Waals surface area contributed by atoms with Crippen LogP contribution in [0.3, 0.4) is 0 Å². The van der Waals surface area contributed by atoms with E-state index in [1.54, 1.807) is 11.3 Å². The van der Waals surface area contributed by atoms with Gasteiger partial charge in [-0.05, 0) is 54.5 Å². The van der Waals surface area contributed by atoms with Crippen LogP contribution < -0.4 is 0 Å². The average Bonchev–Trinajstić information content (AvgIpc) is 2.87. The molecule has 0 aliphatic rings. The van der Waals surface area contributed by atoms with Crippen molar-refractivity contribution in [1.29, 1.82) is 0 Å². The molecule has 0 saturated carbocycles. The Morgan fingerprint density at radius 1 is 1.25 bits per heavy atom. The number of rotatable bonds is 6. The molecule has 0 fully saturated rings. The van der Waals surface area contributed by atoms with Crippen molar-refractivity contribution in [2.24, 2.45) is 0 Å². The number of thiophene rings is 1. The third-order valence-electron chi connectivity index (χ3n) is 3.45. The normalized spacial score (nSPS) is 11.2. The highest BCUT2D eigenvalue weighted by Crippen LogP contribution is 2.28. The van der Waals surface area contributed by atoms with E-state index >= 15 is 0 Å². The van der Waals surface area contributed by atoms with E-state index in [4.69, 9.17) is 4.74 Å². The van der Waals surface area contributed by atoms with Gasteiger partial charge in [0.15, 0.2) is 0 Å². The van der Waals surface area contributed by atoms with Crippen molar-refractivity contribution < 1.29 is 9.53 Å². The summed E-state index contributed by atoms with van der Waals surface area (Å²) in [6.07, 6.45) is 0. The number of hydrogen-bond acceptors (Lipinski definition) is 4. The number of benzene rings is 1. The van der Waals surface area contributed by atoms with Crippen molar-refractivity contribution in [2.45, 2.75) is 27.3 Å². The quantitative estimate of drug-likeness (QED) is 0.755. The minimum atomic E-state index is -0.241. The maximum Gasteiger partial charge on any atom is 0.338 e. The van der Waals surface area contributed by atoms with Gasteiger partial charge in [0.1, 0.15) is 0 Å². The summed E-state index contributed by atoms with van der Waals surface area (Å²) in [7, 11) is 0. The van der Waals surface area contributed by atoms with Gasteiger partial charge in [0.05, 0.1) is 12.2 Å². The second kappa shape index (κ2) is 6.86. The maximum atomic E-state index is 11.8. The minimum absolute atomic E-state index is 0.241. The van der Waals surface area contributed by atoms with E-state index in [0.29, 0.717) is 12.2 Å². The van der Waals surface area contributed by atoms with Crippen LogP contribution in [0.5, 0.6) is 0 Å². The summed E-state index contributed by atoms with van der Waals surface area (Å²) in [5.74, 6) is -0.241. The Morgan fingerprint density at radius 3 is 2.65 bits per heavy atom. The lowest BCUT2D eigenvalue weighted by molar-refractivity contribution is 0.0526. The molecule has 0 atom stereocenters. The van der Waals surface area contributed by atoms with Gasteiger partial charge < -0.3 is 4.74 Å². The topological polar surface area (TPSA) is 29.5 Å². The molecule has 0 amide bonds. The van der Waals surface area contributed by atoms with Gasteiger partial charge in [-0.2, -0.15) is 0 Å². The Morgan fingerprint density at radius 2 is 2.00 bits per heavy atom. The van der Waals surface area contributed by atoms with Crippen LogP contribution >= 0.6 is 11.3 Å². The zero-order valence-electron chi connectivity index (χ0n) is 12.3. The van der Waals surface area contributed by atoms with Crippen LogP contribution in [0.2, 0.25) is 0 Å². The molecule has 0 spiro atoms. The fourth-order valence-electron chi connectivity index (χ4n) is 2.23. The van der Waals surface area contributed by atoms with Crippen LogP contribution in [-0.4, -0.2) is 30.6 Å². The standard InChI is InChI=1S/C16H21NO2S/c1-4-17(5-2)10-13-11-20-15-8-7-12(9-14(13)15)16(18)19-6-3/h7-9,11H,4-6,10H2,1-3H3. The Bertz CT molecular complexity index is 587. The number of carbonyl (C=O) groups excluding carboxylic acids is 1. The lowest BCUT2D eigenvalue weighted by atomic mass is 10.1. The SMILES string of the molecule is CCOC(=O)c1ccc2scc(CN(CC)CC)c2c1. The third-order valence-corrected chi connectivity index (χ3v) is 4.47. The molecule has 108 valence electrons. The Balaban J connectivity index is 2.32. The van der Waals surface area contributed by atoms with Crippen molar-refractivity contribution in [2.75, 3.05) is 19.7 Å². The summed E-state index contributed by atoms with van der Waals surface area (Å²) in [4.78, 5) is 14.2. The molecule has 4 heteroatoms. The van der Waals surface area contributed by atoms with Crippen LogP contribution in [0, 0.1) is 0 Å². The molecule has 0 aliphatic heterocycles. The number of nitrogens with zero attached hydrogens (tertiary/aromatic N) is 1. The number of fused-ring (bicyclic) bond motifs is 1. The fraction of sp³-hybridized carbons (Fsp3) is 0.438.